The lowest BCUT2D eigenvalue weighted by Crippen LogP contribution is -2.33. The van der Waals surface area contributed by atoms with E-state index in [1.807, 2.05) is 47.5 Å². The second-order valence-corrected chi connectivity index (χ2v) is 11.8. The molecule has 1 aromatic heterocycles. The Bertz CT molecular complexity index is 1300. The third-order valence-electron chi connectivity index (χ3n) is 7.49. The summed E-state index contributed by atoms with van der Waals surface area (Å²) < 4.78 is 14.2. The lowest BCUT2D eigenvalue weighted by molar-refractivity contribution is -0.119. The molecule has 7 heteroatoms. The lowest BCUT2D eigenvalue weighted by atomic mass is 10.0. The molecule has 1 saturated carbocycles. The minimum absolute atomic E-state index is 0.148. The van der Waals surface area contributed by atoms with E-state index in [2.05, 4.69) is 37.0 Å². The van der Waals surface area contributed by atoms with E-state index in [-0.39, 0.29) is 17.6 Å². The smallest absolute Gasteiger partial charge is 0.228 e. The highest BCUT2D eigenvalue weighted by Gasteiger charge is 2.45. The Labute approximate surface area is 223 Å². The molecule has 6 rings (SSSR count). The molecule has 37 heavy (non-hydrogen) atoms. The van der Waals surface area contributed by atoms with Crippen molar-refractivity contribution in [3.8, 4) is 0 Å². The van der Waals surface area contributed by atoms with Crippen LogP contribution in [0, 0.1) is 18.7 Å². The Morgan fingerprint density at radius 1 is 1.27 bits per heavy atom. The van der Waals surface area contributed by atoms with Crippen LogP contribution in [-0.2, 0) is 24.8 Å². The summed E-state index contributed by atoms with van der Waals surface area (Å²) in [5, 5.41) is 1.85. The van der Waals surface area contributed by atoms with Crippen LogP contribution in [0.2, 0.25) is 0 Å². The normalized spacial score (nSPS) is 21.9. The first kappa shape index (κ1) is 25.7. The van der Waals surface area contributed by atoms with Gasteiger partial charge in [0, 0.05) is 42.7 Å². The van der Waals surface area contributed by atoms with Crippen LogP contribution in [0.3, 0.4) is 0 Å². The van der Waals surface area contributed by atoms with E-state index in [9.17, 15) is 9.18 Å². The zero-order chi connectivity index (χ0) is 26.1. The summed E-state index contributed by atoms with van der Waals surface area (Å²) in [4.78, 5) is 24.6. The summed E-state index contributed by atoms with van der Waals surface area (Å²) in [5.41, 5.74) is 4.77. The number of anilines is 1. The predicted octanol–water partition coefficient (Wildman–Crippen LogP) is 6.45. The van der Waals surface area contributed by atoms with Crippen LogP contribution in [0.5, 0.6) is 0 Å². The Balaban J connectivity index is 0.000000301. The molecule has 2 aromatic carbocycles. The van der Waals surface area contributed by atoms with Crippen molar-refractivity contribution in [2.45, 2.75) is 70.2 Å². The molecule has 0 radical (unpaired) electrons. The molecule has 3 aliphatic rings. The molecule has 2 aliphatic carbocycles. The van der Waals surface area contributed by atoms with Crippen molar-refractivity contribution in [3.63, 3.8) is 0 Å². The van der Waals surface area contributed by atoms with Crippen LogP contribution in [0.25, 0.3) is 0 Å². The third-order valence-corrected chi connectivity index (χ3v) is 9.05. The van der Waals surface area contributed by atoms with E-state index < -0.39 is 0 Å². The number of aliphatic imine (C=N–C) groups is 1. The van der Waals surface area contributed by atoms with Gasteiger partial charge in [0.05, 0.1) is 17.6 Å². The zero-order valence-electron chi connectivity index (χ0n) is 22.0. The van der Waals surface area contributed by atoms with E-state index in [4.69, 9.17) is 4.99 Å². The average molecular weight is 519 g/mol. The molecule has 194 valence electrons. The summed E-state index contributed by atoms with van der Waals surface area (Å²) in [7, 11) is 1.98. The summed E-state index contributed by atoms with van der Waals surface area (Å²) in [6, 6.07) is 13.6. The molecule has 5 nitrogen and oxygen atoms in total. The molecule has 1 amide bonds. The van der Waals surface area contributed by atoms with Crippen LogP contribution in [0.15, 0.2) is 59.9 Å². The van der Waals surface area contributed by atoms with Gasteiger partial charge in [-0.05, 0) is 73.1 Å². The summed E-state index contributed by atoms with van der Waals surface area (Å²) >= 11 is 1.88. The van der Waals surface area contributed by atoms with Crippen molar-refractivity contribution in [3.05, 3.63) is 83.2 Å². The monoisotopic (exact) mass is 518 g/mol. The number of rotatable bonds is 6. The molecular weight excluding hydrogens is 483 g/mol. The summed E-state index contributed by atoms with van der Waals surface area (Å²) in [6.07, 6.45) is 7.77. The number of amides is 1. The highest BCUT2D eigenvalue weighted by molar-refractivity contribution is 8.15. The number of nitrogens with zero attached hydrogens (tertiary/aromatic N) is 4. The van der Waals surface area contributed by atoms with Crippen LogP contribution in [0.4, 0.5) is 10.1 Å². The number of halogens is 1. The van der Waals surface area contributed by atoms with Gasteiger partial charge >= 0.3 is 0 Å². The van der Waals surface area contributed by atoms with Gasteiger partial charge in [-0.1, -0.05) is 32.0 Å². The van der Waals surface area contributed by atoms with E-state index in [0.29, 0.717) is 30.2 Å². The standard InChI is InChI=1S/C23H28N4OS.C7H7F/c1-14-4-5-16-6-7-17(11-18(14)16)27(13-21-24-8-9-26(21)3)22(28)10-15(2)23-25-19-12-20(19)29-23;1-6-3-2-4-7(8)5-6/h6-9,11,14-15,19-20H,4-5,10,12-13H2,1-3H3;2-5H,1H3/t14-,15-,19?,20?;/m1./s1. The van der Waals surface area contributed by atoms with Crippen molar-refractivity contribution in [1.29, 1.82) is 0 Å². The molecule has 1 fully saturated rings. The van der Waals surface area contributed by atoms with Crippen molar-refractivity contribution < 1.29 is 9.18 Å². The summed E-state index contributed by atoms with van der Waals surface area (Å²) in [5.74, 6) is 1.62. The van der Waals surface area contributed by atoms with Gasteiger partial charge in [0.2, 0.25) is 5.91 Å². The van der Waals surface area contributed by atoms with Crippen LogP contribution in [0.1, 0.15) is 61.5 Å². The van der Waals surface area contributed by atoms with Crippen LogP contribution < -0.4 is 4.90 Å². The SMILES string of the molecule is C[C@H](CC(=O)N(Cc1nccn1C)c1ccc2c(c1)[C@H](C)CC2)C1=NC2CC2S1.Cc1cccc(F)c1. The molecule has 0 N–H and O–H groups in total. The minimum atomic E-state index is -0.162. The molecule has 1 aliphatic heterocycles. The first-order valence-electron chi connectivity index (χ1n) is 13.1. The maximum absolute atomic E-state index is 13.4. The number of aryl methyl sites for hydroxylation is 3. The Hall–Kier alpha value is -2.93. The van der Waals surface area contributed by atoms with Gasteiger partial charge < -0.3 is 9.47 Å². The zero-order valence-corrected chi connectivity index (χ0v) is 22.8. The Morgan fingerprint density at radius 2 is 2.11 bits per heavy atom. The van der Waals surface area contributed by atoms with Crippen molar-refractivity contribution in [2.24, 2.45) is 18.0 Å². The molecule has 0 saturated heterocycles. The number of carbonyl (C=O) groups is 1. The van der Waals surface area contributed by atoms with Gasteiger partial charge in [-0.25, -0.2) is 9.37 Å². The lowest BCUT2D eigenvalue weighted by Gasteiger charge is -2.25. The van der Waals surface area contributed by atoms with Gasteiger partial charge in [-0.2, -0.15) is 0 Å². The van der Waals surface area contributed by atoms with Gasteiger partial charge in [0.1, 0.15) is 11.6 Å². The molecule has 2 unspecified atom stereocenters. The van der Waals surface area contributed by atoms with E-state index in [1.165, 1.54) is 41.1 Å². The number of hydrogen-bond donors (Lipinski definition) is 0. The van der Waals surface area contributed by atoms with Crippen molar-refractivity contribution >= 4 is 28.4 Å². The number of thioether (sulfide) groups is 1. The minimum Gasteiger partial charge on any atom is -0.337 e. The highest BCUT2D eigenvalue weighted by Crippen LogP contribution is 2.46. The fraction of sp³-hybridized carbons (Fsp3) is 0.433. The average Bonchev–Trinajstić information content (AvgIpc) is 3.16. The molecule has 2 heterocycles. The maximum Gasteiger partial charge on any atom is 0.228 e. The number of imidazole rings is 1. The van der Waals surface area contributed by atoms with Gasteiger partial charge in [-0.15, -0.1) is 11.8 Å². The number of aromatic nitrogens is 2. The number of fused-ring (bicyclic) bond motifs is 2. The van der Waals surface area contributed by atoms with Gasteiger partial charge in [0.25, 0.3) is 0 Å². The second-order valence-electron chi connectivity index (χ2n) is 10.6. The maximum atomic E-state index is 13.4. The van der Waals surface area contributed by atoms with E-state index in [1.54, 1.807) is 12.3 Å². The highest BCUT2D eigenvalue weighted by atomic mass is 32.2. The fourth-order valence-corrected chi connectivity index (χ4v) is 6.39. The fourth-order valence-electron chi connectivity index (χ4n) is 5.06. The number of benzene rings is 2. The quantitative estimate of drug-likeness (QED) is 0.377. The van der Waals surface area contributed by atoms with Crippen molar-refractivity contribution in [1.82, 2.24) is 9.55 Å². The van der Waals surface area contributed by atoms with Gasteiger partial charge in [0.15, 0.2) is 0 Å². The topological polar surface area (TPSA) is 50.5 Å². The van der Waals surface area contributed by atoms with E-state index in [0.717, 1.165) is 23.5 Å². The van der Waals surface area contributed by atoms with Gasteiger partial charge in [-0.3, -0.25) is 9.79 Å². The number of hydrogen-bond acceptors (Lipinski definition) is 4. The molecule has 4 atom stereocenters. The largest absolute Gasteiger partial charge is 0.337 e. The first-order valence-corrected chi connectivity index (χ1v) is 14.0. The van der Waals surface area contributed by atoms with Crippen molar-refractivity contribution in [2.75, 3.05) is 4.90 Å². The molecule has 0 spiro atoms. The predicted molar refractivity (Wildman–Crippen MR) is 150 cm³/mol. The van der Waals surface area contributed by atoms with Crippen LogP contribution >= 0.6 is 11.8 Å². The Morgan fingerprint density at radius 3 is 2.76 bits per heavy atom. The first-order chi connectivity index (χ1) is 17.8. The summed E-state index contributed by atoms with van der Waals surface area (Å²) in [6.45, 7) is 6.78. The third kappa shape index (κ3) is 5.98. The Kier molecular flexibility index (Phi) is 7.52. The molecule has 0 bridgehead atoms. The molecular formula is C30H35FN4OS. The second kappa shape index (κ2) is 10.8. The van der Waals surface area contributed by atoms with Crippen LogP contribution in [-0.4, -0.2) is 31.8 Å². The number of carbonyl (C=O) groups excluding carboxylic acids is 1. The molecule has 3 aromatic rings. The van der Waals surface area contributed by atoms with E-state index >= 15 is 0 Å².